The van der Waals surface area contributed by atoms with Crippen molar-refractivity contribution in [2.45, 2.75) is 19.9 Å². The van der Waals surface area contributed by atoms with Gasteiger partial charge in [-0.15, -0.1) is 0 Å². The predicted octanol–water partition coefficient (Wildman–Crippen LogP) is 1.57. The van der Waals surface area contributed by atoms with E-state index in [4.69, 9.17) is 0 Å². The number of phenols is 1. The van der Waals surface area contributed by atoms with Crippen molar-refractivity contribution in [1.82, 2.24) is 4.57 Å². The minimum absolute atomic E-state index is 0.0318. The van der Waals surface area contributed by atoms with Gasteiger partial charge in [-0.05, 0) is 30.5 Å². The first-order valence-electron chi connectivity index (χ1n) is 5.03. The molecule has 1 aliphatic heterocycles. The van der Waals surface area contributed by atoms with Gasteiger partial charge in [0.2, 0.25) is 0 Å². The number of benzene rings is 1. The number of aromatic hydroxyl groups is 1. The summed E-state index contributed by atoms with van der Waals surface area (Å²) >= 11 is 0. The zero-order chi connectivity index (χ0) is 10.6. The second-order valence-corrected chi connectivity index (χ2v) is 4.03. The number of hydrogen-bond donors (Lipinski definition) is 1. The summed E-state index contributed by atoms with van der Waals surface area (Å²) < 4.78 is 1.75. The van der Waals surface area contributed by atoms with Crippen molar-refractivity contribution in [3.63, 3.8) is 0 Å². The Hall–Kier alpha value is -1.77. The van der Waals surface area contributed by atoms with Crippen molar-refractivity contribution in [3.05, 3.63) is 39.7 Å². The lowest BCUT2D eigenvalue weighted by atomic mass is 10.1. The zero-order valence-corrected chi connectivity index (χ0v) is 8.45. The first-order valence-corrected chi connectivity index (χ1v) is 5.03. The predicted molar refractivity (Wildman–Crippen MR) is 58.3 cm³/mol. The van der Waals surface area contributed by atoms with Crippen LogP contribution in [0.15, 0.2) is 23.0 Å². The van der Waals surface area contributed by atoms with Gasteiger partial charge >= 0.3 is 0 Å². The van der Waals surface area contributed by atoms with Crippen molar-refractivity contribution in [3.8, 4) is 5.75 Å². The van der Waals surface area contributed by atoms with E-state index in [1.165, 1.54) is 0 Å². The summed E-state index contributed by atoms with van der Waals surface area (Å²) in [6.45, 7) is 2.59. The molecule has 1 N–H and O–H groups in total. The molecule has 2 heterocycles. The van der Waals surface area contributed by atoms with Crippen LogP contribution in [0.25, 0.3) is 10.9 Å². The summed E-state index contributed by atoms with van der Waals surface area (Å²) in [5.41, 5.74) is 2.96. The van der Waals surface area contributed by atoms with E-state index in [1.807, 2.05) is 13.0 Å². The Morgan fingerprint density at radius 2 is 2.20 bits per heavy atom. The van der Waals surface area contributed by atoms with Gasteiger partial charge in [0.15, 0.2) is 0 Å². The quantitative estimate of drug-likeness (QED) is 0.703. The van der Waals surface area contributed by atoms with E-state index in [0.717, 1.165) is 35.0 Å². The van der Waals surface area contributed by atoms with Crippen LogP contribution >= 0.6 is 0 Å². The zero-order valence-electron chi connectivity index (χ0n) is 8.45. The van der Waals surface area contributed by atoms with Gasteiger partial charge in [0.1, 0.15) is 5.75 Å². The number of pyridine rings is 1. The highest BCUT2D eigenvalue weighted by atomic mass is 16.3. The van der Waals surface area contributed by atoms with Crippen LogP contribution in [0.3, 0.4) is 0 Å². The minimum atomic E-state index is 0.0318. The first kappa shape index (κ1) is 8.53. The Balaban J connectivity index is 2.66. The Kier molecular flexibility index (Phi) is 1.49. The molecule has 1 aromatic heterocycles. The molecule has 0 spiro atoms. The highest BCUT2D eigenvalue weighted by Crippen LogP contribution is 2.32. The number of hydrogen-bond acceptors (Lipinski definition) is 2. The molecule has 3 nitrogen and oxygen atoms in total. The summed E-state index contributed by atoms with van der Waals surface area (Å²) in [6, 6.07) is 5.21. The summed E-state index contributed by atoms with van der Waals surface area (Å²) in [4.78, 5) is 11.7. The standard InChI is InChI=1S/C12H11NO2/c1-7-6-10(15)13-5-4-8-2-3-9(14)11(7)12(8)13/h2-3,6,14H,4-5H2,1H3. The number of aryl methyl sites for hydroxylation is 3. The molecule has 1 aromatic carbocycles. The Bertz CT molecular complexity index is 626. The van der Waals surface area contributed by atoms with Crippen molar-refractivity contribution in [2.24, 2.45) is 0 Å². The Morgan fingerprint density at radius 3 is 3.00 bits per heavy atom. The SMILES string of the molecule is Cc1cc(=O)n2c3c(ccc(O)c13)CC2. The third kappa shape index (κ3) is 0.975. The van der Waals surface area contributed by atoms with Crippen molar-refractivity contribution >= 4 is 10.9 Å². The van der Waals surface area contributed by atoms with E-state index in [0.29, 0.717) is 0 Å². The largest absolute Gasteiger partial charge is 0.507 e. The second-order valence-electron chi connectivity index (χ2n) is 4.03. The van der Waals surface area contributed by atoms with Crippen molar-refractivity contribution in [1.29, 1.82) is 0 Å². The molecular weight excluding hydrogens is 190 g/mol. The molecule has 76 valence electrons. The number of nitrogens with zero attached hydrogens (tertiary/aromatic N) is 1. The Morgan fingerprint density at radius 1 is 1.40 bits per heavy atom. The van der Waals surface area contributed by atoms with Crippen LogP contribution in [0, 0.1) is 6.92 Å². The molecule has 0 saturated carbocycles. The smallest absolute Gasteiger partial charge is 0.251 e. The van der Waals surface area contributed by atoms with E-state index in [9.17, 15) is 9.90 Å². The van der Waals surface area contributed by atoms with Gasteiger partial charge in [-0.2, -0.15) is 0 Å². The summed E-state index contributed by atoms with van der Waals surface area (Å²) in [5.74, 6) is 0.266. The minimum Gasteiger partial charge on any atom is -0.507 e. The molecule has 3 rings (SSSR count). The lowest BCUT2D eigenvalue weighted by molar-refractivity contribution is 0.481. The molecule has 0 saturated heterocycles. The fourth-order valence-electron chi connectivity index (χ4n) is 2.42. The highest BCUT2D eigenvalue weighted by molar-refractivity contribution is 5.91. The summed E-state index contributed by atoms with van der Waals surface area (Å²) in [7, 11) is 0. The molecule has 0 atom stereocenters. The van der Waals surface area contributed by atoms with Crippen LogP contribution < -0.4 is 5.56 Å². The van der Waals surface area contributed by atoms with Gasteiger partial charge in [-0.25, -0.2) is 0 Å². The van der Waals surface area contributed by atoms with Crippen molar-refractivity contribution < 1.29 is 5.11 Å². The number of phenolic OH excluding ortho intramolecular Hbond substituents is 1. The van der Waals surface area contributed by atoms with Gasteiger partial charge in [-0.3, -0.25) is 4.79 Å². The normalized spacial score (nSPS) is 13.7. The maximum absolute atomic E-state index is 11.7. The topological polar surface area (TPSA) is 42.2 Å². The fourth-order valence-corrected chi connectivity index (χ4v) is 2.42. The van der Waals surface area contributed by atoms with Crippen LogP contribution in [0.2, 0.25) is 0 Å². The van der Waals surface area contributed by atoms with E-state index in [-0.39, 0.29) is 11.3 Å². The van der Waals surface area contributed by atoms with Crippen LogP contribution in [0.5, 0.6) is 5.75 Å². The summed E-state index contributed by atoms with van der Waals surface area (Å²) in [6.07, 6.45) is 0.884. The third-order valence-electron chi connectivity index (χ3n) is 3.11. The summed E-state index contributed by atoms with van der Waals surface area (Å²) in [5, 5.41) is 10.6. The first-order chi connectivity index (χ1) is 7.18. The average Bonchev–Trinajstić information content (AvgIpc) is 2.60. The average molecular weight is 201 g/mol. The van der Waals surface area contributed by atoms with Crippen LogP contribution in [-0.2, 0) is 13.0 Å². The molecule has 0 radical (unpaired) electrons. The van der Waals surface area contributed by atoms with E-state index < -0.39 is 0 Å². The second kappa shape index (κ2) is 2.63. The molecule has 0 unspecified atom stereocenters. The van der Waals surface area contributed by atoms with Gasteiger partial charge in [-0.1, -0.05) is 6.07 Å². The molecule has 0 aliphatic carbocycles. The van der Waals surface area contributed by atoms with Crippen LogP contribution in [0.4, 0.5) is 0 Å². The van der Waals surface area contributed by atoms with E-state index in [2.05, 4.69) is 0 Å². The molecular formula is C12H11NO2. The number of aromatic nitrogens is 1. The lowest BCUT2D eigenvalue weighted by Gasteiger charge is -2.07. The number of rotatable bonds is 0. The Labute approximate surface area is 86.6 Å². The molecule has 1 aliphatic rings. The van der Waals surface area contributed by atoms with E-state index >= 15 is 0 Å². The van der Waals surface area contributed by atoms with Gasteiger partial charge in [0.05, 0.1) is 5.52 Å². The van der Waals surface area contributed by atoms with Crippen molar-refractivity contribution in [2.75, 3.05) is 0 Å². The van der Waals surface area contributed by atoms with E-state index in [1.54, 1.807) is 16.7 Å². The van der Waals surface area contributed by atoms with Gasteiger partial charge in [0.25, 0.3) is 5.56 Å². The molecule has 15 heavy (non-hydrogen) atoms. The molecule has 0 fully saturated rings. The third-order valence-corrected chi connectivity index (χ3v) is 3.11. The van der Waals surface area contributed by atoms with Gasteiger partial charge in [0, 0.05) is 18.0 Å². The maximum atomic E-state index is 11.7. The molecule has 0 bridgehead atoms. The fraction of sp³-hybridized carbons (Fsp3) is 0.250. The van der Waals surface area contributed by atoms with Gasteiger partial charge < -0.3 is 9.67 Å². The molecule has 0 amide bonds. The molecule has 2 aromatic rings. The van der Waals surface area contributed by atoms with Crippen LogP contribution in [-0.4, -0.2) is 9.67 Å². The lowest BCUT2D eigenvalue weighted by Crippen LogP contribution is -2.17. The maximum Gasteiger partial charge on any atom is 0.251 e. The van der Waals surface area contributed by atoms with Crippen LogP contribution in [0.1, 0.15) is 11.1 Å². The molecule has 3 heteroatoms. The highest BCUT2D eigenvalue weighted by Gasteiger charge is 2.18. The monoisotopic (exact) mass is 201 g/mol.